The van der Waals surface area contributed by atoms with Gasteiger partial charge in [0.25, 0.3) is 0 Å². The molecular formula is C13H11ClFN. The van der Waals surface area contributed by atoms with Crippen LogP contribution < -0.4 is 5.73 Å². The number of halogens is 2. The van der Waals surface area contributed by atoms with Gasteiger partial charge in [-0.3, -0.25) is 0 Å². The molecule has 3 heteroatoms. The van der Waals surface area contributed by atoms with Gasteiger partial charge in [0.2, 0.25) is 0 Å². The van der Waals surface area contributed by atoms with Crippen LogP contribution in [-0.2, 0) is 6.54 Å². The Bertz CT molecular complexity index is 494. The molecule has 0 saturated heterocycles. The van der Waals surface area contributed by atoms with Crippen LogP contribution in [0, 0.1) is 5.82 Å². The van der Waals surface area contributed by atoms with Crippen LogP contribution in [0.25, 0.3) is 11.1 Å². The number of nitrogens with two attached hydrogens (primary N) is 1. The topological polar surface area (TPSA) is 26.0 Å². The first-order valence-electron chi connectivity index (χ1n) is 4.95. The highest BCUT2D eigenvalue weighted by atomic mass is 35.5. The molecule has 2 aromatic rings. The maximum atomic E-state index is 12.8. The van der Waals surface area contributed by atoms with Crippen molar-refractivity contribution < 1.29 is 4.39 Å². The first kappa shape index (κ1) is 11.1. The summed E-state index contributed by atoms with van der Waals surface area (Å²) in [6.45, 7) is 0.464. The Kier molecular flexibility index (Phi) is 3.22. The monoisotopic (exact) mass is 235 g/mol. The number of hydrogen-bond acceptors (Lipinski definition) is 1. The third-order valence-electron chi connectivity index (χ3n) is 2.42. The van der Waals surface area contributed by atoms with Crippen LogP contribution in [0.3, 0.4) is 0 Å². The van der Waals surface area contributed by atoms with E-state index < -0.39 is 0 Å². The van der Waals surface area contributed by atoms with E-state index in [1.165, 1.54) is 12.1 Å². The molecule has 0 radical (unpaired) electrons. The molecule has 2 rings (SSSR count). The third-order valence-corrected chi connectivity index (χ3v) is 2.75. The molecule has 0 aliphatic heterocycles. The lowest BCUT2D eigenvalue weighted by Crippen LogP contribution is -1.96. The normalized spacial score (nSPS) is 10.4. The van der Waals surface area contributed by atoms with Crippen molar-refractivity contribution in [2.45, 2.75) is 6.54 Å². The quantitative estimate of drug-likeness (QED) is 0.846. The Morgan fingerprint density at radius 2 is 1.75 bits per heavy atom. The van der Waals surface area contributed by atoms with Crippen LogP contribution in [0.1, 0.15) is 5.56 Å². The van der Waals surface area contributed by atoms with Gasteiger partial charge in [0, 0.05) is 17.1 Å². The lowest BCUT2D eigenvalue weighted by atomic mass is 10.0. The second kappa shape index (κ2) is 4.64. The standard InChI is InChI=1S/C13H11ClFN/c14-13-6-1-9(8-16)7-12(13)10-2-4-11(15)5-3-10/h1-7H,8,16H2. The van der Waals surface area contributed by atoms with E-state index in [-0.39, 0.29) is 5.82 Å². The van der Waals surface area contributed by atoms with E-state index in [0.717, 1.165) is 16.7 Å². The number of benzene rings is 2. The summed E-state index contributed by atoms with van der Waals surface area (Å²) >= 11 is 6.09. The average Bonchev–Trinajstić information content (AvgIpc) is 2.31. The zero-order valence-electron chi connectivity index (χ0n) is 8.58. The molecular weight excluding hydrogens is 225 g/mol. The molecule has 0 atom stereocenters. The minimum absolute atomic E-state index is 0.255. The van der Waals surface area contributed by atoms with E-state index >= 15 is 0 Å². The highest BCUT2D eigenvalue weighted by Gasteiger charge is 2.04. The molecule has 0 saturated carbocycles. The molecule has 2 aromatic carbocycles. The van der Waals surface area contributed by atoms with Crippen molar-refractivity contribution >= 4 is 11.6 Å². The maximum absolute atomic E-state index is 12.8. The van der Waals surface area contributed by atoms with Crippen molar-refractivity contribution in [3.8, 4) is 11.1 Å². The van der Waals surface area contributed by atoms with E-state index in [9.17, 15) is 4.39 Å². The van der Waals surface area contributed by atoms with E-state index in [4.69, 9.17) is 17.3 Å². The van der Waals surface area contributed by atoms with Crippen molar-refractivity contribution in [3.05, 3.63) is 58.9 Å². The molecule has 0 bridgehead atoms. The molecule has 0 spiro atoms. The van der Waals surface area contributed by atoms with Crippen molar-refractivity contribution in [2.24, 2.45) is 5.73 Å². The summed E-state index contributed by atoms with van der Waals surface area (Å²) in [5, 5.41) is 0.642. The molecule has 0 unspecified atom stereocenters. The molecule has 2 N–H and O–H groups in total. The largest absolute Gasteiger partial charge is 0.326 e. The number of rotatable bonds is 2. The van der Waals surface area contributed by atoms with Crippen molar-refractivity contribution in [1.29, 1.82) is 0 Å². The lowest BCUT2D eigenvalue weighted by Gasteiger charge is -2.06. The van der Waals surface area contributed by atoms with Gasteiger partial charge >= 0.3 is 0 Å². The van der Waals surface area contributed by atoms with Gasteiger partial charge < -0.3 is 5.73 Å². The summed E-state index contributed by atoms with van der Waals surface area (Å²) in [5.74, 6) is -0.255. The SMILES string of the molecule is NCc1ccc(Cl)c(-c2ccc(F)cc2)c1. The van der Waals surface area contributed by atoms with Gasteiger partial charge in [0.15, 0.2) is 0 Å². The van der Waals surface area contributed by atoms with Gasteiger partial charge in [0.05, 0.1) is 0 Å². The zero-order valence-corrected chi connectivity index (χ0v) is 9.34. The van der Waals surface area contributed by atoms with Crippen molar-refractivity contribution in [2.75, 3.05) is 0 Å². The van der Waals surface area contributed by atoms with Crippen LogP contribution in [0.4, 0.5) is 4.39 Å². The van der Waals surface area contributed by atoms with E-state index in [1.807, 2.05) is 18.2 Å². The van der Waals surface area contributed by atoms with Crippen molar-refractivity contribution in [3.63, 3.8) is 0 Å². The maximum Gasteiger partial charge on any atom is 0.123 e. The highest BCUT2D eigenvalue weighted by Crippen LogP contribution is 2.28. The first-order valence-corrected chi connectivity index (χ1v) is 5.33. The van der Waals surface area contributed by atoms with Gasteiger partial charge in [-0.2, -0.15) is 0 Å². The van der Waals surface area contributed by atoms with Gasteiger partial charge in [-0.15, -0.1) is 0 Å². The number of hydrogen-bond donors (Lipinski definition) is 1. The molecule has 0 aliphatic carbocycles. The Morgan fingerprint density at radius 3 is 2.38 bits per heavy atom. The fraction of sp³-hybridized carbons (Fsp3) is 0.0769. The van der Waals surface area contributed by atoms with Crippen LogP contribution in [0.5, 0.6) is 0 Å². The smallest absolute Gasteiger partial charge is 0.123 e. The van der Waals surface area contributed by atoms with Crippen LogP contribution in [0.15, 0.2) is 42.5 Å². The molecule has 16 heavy (non-hydrogen) atoms. The van der Waals surface area contributed by atoms with Gasteiger partial charge in [0.1, 0.15) is 5.82 Å². The van der Waals surface area contributed by atoms with Crippen LogP contribution in [-0.4, -0.2) is 0 Å². The van der Waals surface area contributed by atoms with Gasteiger partial charge in [-0.05, 0) is 35.4 Å². The van der Waals surface area contributed by atoms with Gasteiger partial charge in [-0.25, -0.2) is 4.39 Å². The molecule has 0 aliphatic rings. The fourth-order valence-electron chi connectivity index (χ4n) is 1.55. The second-order valence-electron chi connectivity index (χ2n) is 3.53. The predicted octanol–water partition coefficient (Wildman–Crippen LogP) is 3.60. The minimum atomic E-state index is -0.255. The summed E-state index contributed by atoms with van der Waals surface area (Å²) < 4.78 is 12.8. The molecule has 1 nitrogen and oxygen atoms in total. The second-order valence-corrected chi connectivity index (χ2v) is 3.93. The predicted molar refractivity (Wildman–Crippen MR) is 64.7 cm³/mol. The molecule has 82 valence electrons. The molecule has 0 amide bonds. The van der Waals surface area contributed by atoms with E-state index in [0.29, 0.717) is 11.6 Å². The van der Waals surface area contributed by atoms with E-state index in [1.54, 1.807) is 12.1 Å². The van der Waals surface area contributed by atoms with E-state index in [2.05, 4.69) is 0 Å². The molecule has 0 fully saturated rings. The summed E-state index contributed by atoms with van der Waals surface area (Å²) in [6, 6.07) is 11.9. The zero-order chi connectivity index (χ0) is 11.5. The lowest BCUT2D eigenvalue weighted by molar-refractivity contribution is 0.628. The summed E-state index contributed by atoms with van der Waals surface area (Å²) in [6.07, 6.45) is 0. The van der Waals surface area contributed by atoms with Gasteiger partial charge in [-0.1, -0.05) is 29.8 Å². The van der Waals surface area contributed by atoms with Crippen LogP contribution in [0.2, 0.25) is 5.02 Å². The first-order chi connectivity index (χ1) is 7.70. The van der Waals surface area contributed by atoms with Crippen molar-refractivity contribution in [1.82, 2.24) is 0 Å². The van der Waals surface area contributed by atoms with Crippen LogP contribution >= 0.6 is 11.6 Å². The summed E-state index contributed by atoms with van der Waals surface area (Å²) in [7, 11) is 0. The Labute approximate surface area is 98.7 Å². The summed E-state index contributed by atoms with van der Waals surface area (Å²) in [4.78, 5) is 0. The Balaban J connectivity index is 2.50. The highest BCUT2D eigenvalue weighted by molar-refractivity contribution is 6.33. The Morgan fingerprint density at radius 1 is 1.06 bits per heavy atom. The molecule has 0 heterocycles. The Hall–Kier alpha value is -1.38. The molecule has 0 aromatic heterocycles. The average molecular weight is 236 g/mol. The third kappa shape index (κ3) is 2.23. The minimum Gasteiger partial charge on any atom is -0.326 e. The summed E-state index contributed by atoms with van der Waals surface area (Å²) in [5.41, 5.74) is 8.34. The fourth-order valence-corrected chi connectivity index (χ4v) is 1.78.